The van der Waals surface area contributed by atoms with Crippen LogP contribution in [0, 0.1) is 6.26 Å². The highest BCUT2D eigenvalue weighted by Crippen LogP contribution is 1.95. The molecule has 0 amide bonds. The van der Waals surface area contributed by atoms with Gasteiger partial charge in [0.1, 0.15) is 24.2 Å². The van der Waals surface area contributed by atoms with Crippen molar-refractivity contribution in [3.05, 3.63) is 24.7 Å². The smallest absolute Gasteiger partial charge is 0.158 e. The van der Waals surface area contributed by atoms with Crippen LogP contribution >= 0.6 is 0 Å². The molecule has 0 aliphatic rings. The summed E-state index contributed by atoms with van der Waals surface area (Å²) < 4.78 is 21.2. The molecule has 0 saturated carbocycles. The van der Waals surface area contributed by atoms with Crippen molar-refractivity contribution in [1.82, 2.24) is 15.0 Å². The molecule has 1 aromatic rings. The first kappa shape index (κ1) is 8.06. The van der Waals surface area contributed by atoms with Crippen molar-refractivity contribution in [2.24, 2.45) is 0 Å². The van der Waals surface area contributed by atoms with Crippen molar-refractivity contribution < 1.29 is 8.42 Å². The summed E-state index contributed by atoms with van der Waals surface area (Å²) in [5.41, 5.74) is 0. The molecule has 1 radical (unpaired) electrons. The van der Waals surface area contributed by atoms with Crippen LogP contribution in [0.15, 0.2) is 12.7 Å². The number of rotatable bonds is 2. The van der Waals surface area contributed by atoms with Crippen molar-refractivity contribution in [1.29, 1.82) is 0 Å². The van der Waals surface area contributed by atoms with E-state index < -0.39 is 9.84 Å². The third-order valence-corrected chi connectivity index (χ3v) is 1.59. The number of hydrogen-bond donors (Lipinski definition) is 0. The summed E-state index contributed by atoms with van der Waals surface area (Å²) in [4.78, 5) is 10.8. The highest BCUT2D eigenvalue weighted by atomic mass is 32.2. The van der Waals surface area contributed by atoms with Crippen molar-refractivity contribution in [2.45, 2.75) is 5.75 Å². The van der Waals surface area contributed by atoms with Crippen molar-refractivity contribution in [3.63, 3.8) is 0 Å². The molecule has 0 bridgehead atoms. The molecule has 0 fully saturated rings. The van der Waals surface area contributed by atoms with Crippen LogP contribution in [-0.2, 0) is 15.6 Å². The number of sulfone groups is 1. The first-order chi connectivity index (χ1) is 5.08. The van der Waals surface area contributed by atoms with Crippen molar-refractivity contribution in [3.8, 4) is 0 Å². The van der Waals surface area contributed by atoms with Gasteiger partial charge in [-0.15, -0.1) is 0 Å². The van der Waals surface area contributed by atoms with Crippen LogP contribution in [0.1, 0.15) is 5.82 Å². The van der Waals surface area contributed by atoms with Crippen LogP contribution in [-0.4, -0.2) is 23.4 Å². The zero-order valence-electron chi connectivity index (χ0n) is 5.64. The van der Waals surface area contributed by atoms with E-state index in [0.717, 1.165) is 0 Å². The highest BCUT2D eigenvalue weighted by molar-refractivity contribution is 7.91. The van der Waals surface area contributed by atoms with Crippen LogP contribution in [0.4, 0.5) is 0 Å². The van der Waals surface area contributed by atoms with Gasteiger partial charge in [-0.3, -0.25) is 0 Å². The van der Waals surface area contributed by atoms with Crippen LogP contribution in [0.25, 0.3) is 0 Å². The molecular weight excluding hydrogens is 166 g/mol. The monoisotopic (exact) mass is 172 g/mol. The highest BCUT2D eigenvalue weighted by Gasteiger charge is 2.05. The minimum Gasteiger partial charge on any atom is -0.228 e. The summed E-state index contributed by atoms with van der Waals surface area (Å²) in [6.07, 6.45) is 5.42. The average Bonchev–Trinajstić information content (AvgIpc) is 1.85. The van der Waals surface area contributed by atoms with E-state index in [9.17, 15) is 8.42 Å². The zero-order chi connectivity index (χ0) is 8.32. The third-order valence-electron chi connectivity index (χ3n) is 0.896. The van der Waals surface area contributed by atoms with Gasteiger partial charge in [0, 0.05) is 0 Å². The molecule has 6 heteroatoms. The molecule has 59 valence electrons. The van der Waals surface area contributed by atoms with E-state index in [1.807, 2.05) is 0 Å². The first-order valence-electron chi connectivity index (χ1n) is 2.74. The van der Waals surface area contributed by atoms with Gasteiger partial charge in [0.05, 0.1) is 6.26 Å². The van der Waals surface area contributed by atoms with Crippen LogP contribution in [0.2, 0.25) is 0 Å². The minimum atomic E-state index is -3.28. The molecule has 1 heterocycles. The molecular formula is C5H6N3O2S. The maximum atomic E-state index is 10.6. The van der Waals surface area contributed by atoms with Gasteiger partial charge in [-0.2, -0.15) is 0 Å². The Kier molecular flexibility index (Phi) is 2.13. The fraction of sp³-hybridized carbons (Fsp3) is 0.200. The Morgan fingerprint density at radius 1 is 1.36 bits per heavy atom. The van der Waals surface area contributed by atoms with Crippen molar-refractivity contribution in [2.75, 3.05) is 0 Å². The average molecular weight is 172 g/mol. The third kappa shape index (κ3) is 3.03. The van der Waals surface area contributed by atoms with Gasteiger partial charge in [0.2, 0.25) is 0 Å². The SMILES string of the molecule is [CH2]S(=O)(=O)Cc1ncncn1. The number of aromatic nitrogens is 3. The van der Waals surface area contributed by atoms with Gasteiger partial charge in [0.25, 0.3) is 0 Å². The van der Waals surface area contributed by atoms with Gasteiger partial charge < -0.3 is 0 Å². The Morgan fingerprint density at radius 3 is 2.36 bits per heavy atom. The maximum Gasteiger partial charge on any atom is 0.158 e. The lowest BCUT2D eigenvalue weighted by Crippen LogP contribution is -2.02. The van der Waals surface area contributed by atoms with Gasteiger partial charge in [-0.05, 0) is 0 Å². The topological polar surface area (TPSA) is 72.8 Å². The Morgan fingerprint density at radius 2 is 1.91 bits per heavy atom. The van der Waals surface area contributed by atoms with E-state index in [4.69, 9.17) is 0 Å². The predicted molar refractivity (Wildman–Crippen MR) is 37.8 cm³/mol. The summed E-state index contributed by atoms with van der Waals surface area (Å²) >= 11 is 0. The van der Waals surface area contributed by atoms with E-state index in [2.05, 4.69) is 21.2 Å². The Bertz CT molecular complexity index is 321. The van der Waals surface area contributed by atoms with E-state index >= 15 is 0 Å². The molecule has 0 aliphatic carbocycles. The normalized spacial score (nSPS) is 11.4. The van der Waals surface area contributed by atoms with Crippen LogP contribution in [0.3, 0.4) is 0 Å². The minimum absolute atomic E-state index is 0.218. The van der Waals surface area contributed by atoms with Gasteiger partial charge in [-0.1, -0.05) is 0 Å². The fourth-order valence-electron chi connectivity index (χ4n) is 0.534. The number of nitrogens with zero attached hydrogens (tertiary/aromatic N) is 3. The fourth-order valence-corrected chi connectivity index (χ4v) is 1.08. The summed E-state index contributed by atoms with van der Waals surface area (Å²) in [7, 11) is -3.28. The standard InChI is InChI=1S/C5H6N3O2S/c1-11(9,10)2-5-7-3-6-4-8-5/h3-4H,1-2H2. The maximum absolute atomic E-state index is 10.6. The Balaban J connectivity index is 2.82. The van der Waals surface area contributed by atoms with E-state index in [-0.39, 0.29) is 11.6 Å². The molecule has 0 aromatic carbocycles. The zero-order valence-corrected chi connectivity index (χ0v) is 6.45. The van der Waals surface area contributed by atoms with Crippen LogP contribution in [0.5, 0.6) is 0 Å². The van der Waals surface area contributed by atoms with Gasteiger partial charge in [-0.25, -0.2) is 23.4 Å². The van der Waals surface area contributed by atoms with E-state index in [0.29, 0.717) is 0 Å². The Hall–Kier alpha value is -1.04. The molecule has 11 heavy (non-hydrogen) atoms. The quantitative estimate of drug-likeness (QED) is 0.605. The van der Waals surface area contributed by atoms with Crippen molar-refractivity contribution >= 4 is 9.84 Å². The molecule has 5 nitrogen and oxygen atoms in total. The Labute approximate surface area is 64.4 Å². The lowest BCUT2D eigenvalue weighted by Gasteiger charge is -1.93. The van der Waals surface area contributed by atoms with Gasteiger partial charge >= 0.3 is 0 Å². The molecule has 0 saturated heterocycles. The molecule has 0 atom stereocenters. The molecule has 1 aromatic heterocycles. The van der Waals surface area contributed by atoms with Gasteiger partial charge in [0.15, 0.2) is 9.84 Å². The lowest BCUT2D eigenvalue weighted by atomic mass is 10.7. The summed E-state index contributed by atoms with van der Waals surface area (Å²) in [5.74, 6) is -0.0230. The first-order valence-corrected chi connectivity index (χ1v) is 4.57. The lowest BCUT2D eigenvalue weighted by molar-refractivity contribution is 0.602. The van der Waals surface area contributed by atoms with E-state index in [1.165, 1.54) is 12.7 Å². The molecule has 0 aliphatic heterocycles. The second-order valence-electron chi connectivity index (χ2n) is 1.94. The molecule has 0 spiro atoms. The summed E-state index contributed by atoms with van der Waals surface area (Å²) in [5, 5.41) is 0. The molecule has 1 rings (SSSR count). The summed E-state index contributed by atoms with van der Waals surface area (Å²) in [6.45, 7) is 0. The second kappa shape index (κ2) is 2.91. The number of hydrogen-bond acceptors (Lipinski definition) is 5. The largest absolute Gasteiger partial charge is 0.228 e. The van der Waals surface area contributed by atoms with E-state index in [1.54, 1.807) is 0 Å². The molecule has 0 unspecified atom stereocenters. The predicted octanol–water partition coefficient (Wildman–Crippen LogP) is -0.422. The van der Waals surface area contributed by atoms with Crippen LogP contribution < -0.4 is 0 Å². The second-order valence-corrected chi connectivity index (χ2v) is 3.72. The summed E-state index contributed by atoms with van der Waals surface area (Å²) in [6, 6.07) is 0. The molecule has 0 N–H and O–H groups in total.